The summed E-state index contributed by atoms with van der Waals surface area (Å²) in [5.41, 5.74) is 4.70. The molecule has 0 unspecified atom stereocenters. The van der Waals surface area contributed by atoms with E-state index in [1.54, 1.807) is 6.08 Å². The summed E-state index contributed by atoms with van der Waals surface area (Å²) >= 11 is 2.27. The molecule has 9 atom stereocenters. The molecular formula is C34H45IO6. The SMILES string of the molecule is C=C1C[C@@H]2C[C@@H]3CCO[C@@H](O3)c3cccc(c3)CCC[C@H]3O[C@@H](/C(C)=C/I)[C@H](C)[C@@H](OC(=O)/C=C\C[C@@H](C1)O2)[C@H]3C. The summed E-state index contributed by atoms with van der Waals surface area (Å²) in [4.78, 5) is 13.0. The maximum absolute atomic E-state index is 13.0. The Kier molecular flexibility index (Phi) is 10.8. The number of carbonyl (C=O) groups excluding carboxylic acids is 1. The van der Waals surface area contributed by atoms with Gasteiger partial charge in [-0.2, -0.15) is 0 Å². The zero-order valence-corrected chi connectivity index (χ0v) is 26.8. The normalized spacial score (nSPS) is 38.3. The van der Waals surface area contributed by atoms with Gasteiger partial charge in [0.15, 0.2) is 6.29 Å². The monoisotopic (exact) mass is 676 g/mol. The number of fused-ring (bicyclic) bond motifs is 9. The van der Waals surface area contributed by atoms with Crippen LogP contribution in [0.1, 0.15) is 83.1 Å². The minimum atomic E-state index is -0.357. The second kappa shape index (κ2) is 14.3. The molecule has 41 heavy (non-hydrogen) atoms. The molecule has 4 heterocycles. The van der Waals surface area contributed by atoms with Crippen LogP contribution in [0.25, 0.3) is 0 Å². The van der Waals surface area contributed by atoms with E-state index in [-0.39, 0.29) is 60.7 Å². The topological polar surface area (TPSA) is 63.2 Å². The number of hydrogen-bond acceptors (Lipinski definition) is 6. The molecule has 0 amide bonds. The lowest BCUT2D eigenvalue weighted by Crippen LogP contribution is -2.51. The average Bonchev–Trinajstić information content (AvgIpc) is 2.95. The molecule has 0 spiro atoms. The number of benzene rings is 1. The van der Waals surface area contributed by atoms with E-state index in [2.05, 4.69) is 78.3 Å². The van der Waals surface area contributed by atoms with Crippen molar-refractivity contribution in [1.82, 2.24) is 0 Å². The van der Waals surface area contributed by atoms with Gasteiger partial charge in [-0.05, 0) is 67.1 Å². The van der Waals surface area contributed by atoms with Gasteiger partial charge in [0.05, 0.1) is 37.1 Å². The molecule has 5 rings (SSSR count). The average molecular weight is 677 g/mol. The molecule has 3 saturated heterocycles. The van der Waals surface area contributed by atoms with Gasteiger partial charge < -0.3 is 23.7 Å². The summed E-state index contributed by atoms with van der Waals surface area (Å²) in [6.45, 7) is 11.4. The van der Waals surface area contributed by atoms with Gasteiger partial charge in [0.25, 0.3) is 0 Å². The molecule has 7 heteroatoms. The molecule has 224 valence electrons. The number of halogens is 1. The van der Waals surface area contributed by atoms with Crippen LogP contribution in [0.5, 0.6) is 0 Å². The van der Waals surface area contributed by atoms with Crippen LogP contribution in [0.3, 0.4) is 0 Å². The van der Waals surface area contributed by atoms with E-state index in [9.17, 15) is 4.79 Å². The Hall–Kier alpha value is -1.52. The Morgan fingerprint density at radius 3 is 2.71 bits per heavy atom. The number of carbonyl (C=O) groups is 1. The molecule has 4 aliphatic rings. The zero-order valence-electron chi connectivity index (χ0n) is 24.6. The van der Waals surface area contributed by atoms with Crippen LogP contribution in [-0.4, -0.2) is 49.2 Å². The van der Waals surface area contributed by atoms with Crippen LogP contribution in [0.4, 0.5) is 0 Å². The van der Waals surface area contributed by atoms with E-state index in [0.717, 1.165) is 50.5 Å². The first-order chi connectivity index (χ1) is 19.8. The van der Waals surface area contributed by atoms with Crippen molar-refractivity contribution in [3.63, 3.8) is 0 Å². The molecular weight excluding hydrogens is 631 g/mol. The third kappa shape index (κ3) is 7.91. The van der Waals surface area contributed by atoms with Crippen LogP contribution in [0.2, 0.25) is 0 Å². The molecule has 6 nitrogen and oxygen atoms in total. The standard InChI is InChI=1S/C34H45IO6/c1-21-16-27-11-7-13-31(36)41-33-23(3)30(40-32(24(33)4)22(2)20-35)12-6-9-25-8-5-10-26(18-25)34-37-15-14-28(39-34)19-29(17-21)38-27/h5,7-8,10,13,18,20,23-24,27-30,32-34H,1,6,9,11-12,14-17,19H2,2-4H3/b13-7-,22-20+/t23-,24-,27-,28-,29+,30+,32-,33-,34-/m0/s1. The largest absolute Gasteiger partial charge is 0.458 e. The maximum atomic E-state index is 13.0. The maximum Gasteiger partial charge on any atom is 0.330 e. The Morgan fingerprint density at radius 1 is 1.05 bits per heavy atom. The molecule has 0 aliphatic carbocycles. The van der Waals surface area contributed by atoms with Crippen LogP contribution in [-0.2, 0) is 34.9 Å². The third-order valence-electron chi connectivity index (χ3n) is 9.09. The summed E-state index contributed by atoms with van der Waals surface area (Å²) < 4.78 is 33.9. The zero-order chi connectivity index (χ0) is 28.9. The van der Waals surface area contributed by atoms with E-state index in [1.165, 1.54) is 16.7 Å². The molecule has 0 saturated carbocycles. The first-order valence-corrected chi connectivity index (χ1v) is 16.5. The van der Waals surface area contributed by atoms with E-state index < -0.39 is 0 Å². The predicted octanol–water partition coefficient (Wildman–Crippen LogP) is 7.56. The van der Waals surface area contributed by atoms with Gasteiger partial charge >= 0.3 is 5.97 Å². The van der Waals surface area contributed by atoms with Gasteiger partial charge in [-0.25, -0.2) is 4.79 Å². The lowest BCUT2D eigenvalue weighted by atomic mass is 9.79. The summed E-state index contributed by atoms with van der Waals surface area (Å²) in [6.07, 6.45) is 9.73. The minimum absolute atomic E-state index is 0.00198. The minimum Gasteiger partial charge on any atom is -0.458 e. The van der Waals surface area contributed by atoms with Crippen molar-refractivity contribution in [2.45, 2.75) is 115 Å². The smallest absolute Gasteiger partial charge is 0.330 e. The summed E-state index contributed by atoms with van der Waals surface area (Å²) in [6, 6.07) is 8.60. The highest BCUT2D eigenvalue weighted by atomic mass is 127. The number of hydrogen-bond donors (Lipinski definition) is 0. The molecule has 0 radical (unpaired) electrons. The van der Waals surface area contributed by atoms with Gasteiger partial charge in [0, 0.05) is 29.9 Å². The van der Waals surface area contributed by atoms with E-state index in [0.29, 0.717) is 13.0 Å². The van der Waals surface area contributed by atoms with Gasteiger partial charge in [0.1, 0.15) is 6.10 Å². The highest BCUT2D eigenvalue weighted by molar-refractivity contribution is 14.1. The second-order valence-electron chi connectivity index (χ2n) is 12.4. The molecule has 3 fully saturated rings. The van der Waals surface area contributed by atoms with Crippen molar-refractivity contribution in [2.24, 2.45) is 11.8 Å². The molecule has 0 aromatic heterocycles. The van der Waals surface area contributed by atoms with Crippen molar-refractivity contribution in [1.29, 1.82) is 0 Å². The molecule has 1 aromatic rings. The fraction of sp³-hybridized carbons (Fsp3) is 0.618. The van der Waals surface area contributed by atoms with Crippen molar-refractivity contribution >= 4 is 28.6 Å². The van der Waals surface area contributed by atoms with Crippen molar-refractivity contribution < 1.29 is 28.5 Å². The van der Waals surface area contributed by atoms with Crippen molar-refractivity contribution in [3.8, 4) is 0 Å². The Morgan fingerprint density at radius 2 is 1.88 bits per heavy atom. The number of esters is 1. The van der Waals surface area contributed by atoms with Gasteiger partial charge in [0.2, 0.25) is 0 Å². The first kappa shape index (κ1) is 30.9. The van der Waals surface area contributed by atoms with Crippen LogP contribution in [0.15, 0.2) is 58.2 Å². The van der Waals surface area contributed by atoms with Crippen LogP contribution >= 0.6 is 22.6 Å². The highest BCUT2D eigenvalue weighted by Gasteiger charge is 2.43. The fourth-order valence-corrected chi connectivity index (χ4v) is 7.28. The molecule has 4 aliphatic heterocycles. The summed E-state index contributed by atoms with van der Waals surface area (Å²) in [7, 11) is 0. The second-order valence-corrected chi connectivity index (χ2v) is 13.0. The van der Waals surface area contributed by atoms with Gasteiger partial charge in [-0.15, -0.1) is 0 Å². The summed E-state index contributed by atoms with van der Waals surface area (Å²) in [5, 5.41) is 0. The fourth-order valence-electron chi connectivity index (χ4n) is 6.92. The summed E-state index contributed by atoms with van der Waals surface area (Å²) in [5.74, 6) is -0.138. The van der Waals surface area contributed by atoms with Gasteiger partial charge in [-0.3, -0.25) is 0 Å². The van der Waals surface area contributed by atoms with Gasteiger partial charge in [-0.1, -0.05) is 78.9 Å². The molecule has 8 bridgehead atoms. The Bertz CT molecular complexity index is 1130. The van der Waals surface area contributed by atoms with Crippen LogP contribution < -0.4 is 0 Å². The quantitative estimate of drug-likeness (QED) is 0.174. The predicted molar refractivity (Wildman–Crippen MR) is 168 cm³/mol. The lowest BCUT2D eigenvalue weighted by Gasteiger charge is -2.44. The Balaban J connectivity index is 1.39. The number of rotatable bonds is 1. The van der Waals surface area contributed by atoms with E-state index >= 15 is 0 Å². The third-order valence-corrected chi connectivity index (χ3v) is 10.1. The number of ether oxygens (including phenoxy) is 5. The first-order valence-electron chi connectivity index (χ1n) is 15.3. The lowest BCUT2D eigenvalue weighted by molar-refractivity contribution is -0.225. The highest BCUT2D eigenvalue weighted by Crippen LogP contribution is 2.38. The molecule has 0 N–H and O–H groups in total. The van der Waals surface area contributed by atoms with E-state index in [1.807, 2.05) is 6.08 Å². The number of aryl methyl sites for hydroxylation is 1. The Labute approximate surface area is 259 Å². The van der Waals surface area contributed by atoms with Crippen LogP contribution in [0, 0.1) is 11.8 Å². The van der Waals surface area contributed by atoms with Crippen molar-refractivity contribution in [2.75, 3.05) is 6.61 Å². The van der Waals surface area contributed by atoms with Crippen molar-refractivity contribution in [3.05, 3.63) is 69.4 Å². The van der Waals surface area contributed by atoms with E-state index in [4.69, 9.17) is 23.7 Å². The molecule has 1 aromatic carbocycles.